The van der Waals surface area contributed by atoms with Crippen LogP contribution in [-0.2, 0) is 11.0 Å². The molecule has 0 bridgehead atoms. The number of alkyl halides is 3. The molecule has 0 radical (unpaired) electrons. The first kappa shape index (κ1) is 17.4. The molecule has 0 aromatic heterocycles. The molecule has 0 heterocycles. The Bertz CT molecular complexity index is 567. The molecule has 3 nitrogen and oxygen atoms in total. The Kier molecular flexibility index (Phi) is 6.07. The third-order valence-corrected chi connectivity index (χ3v) is 3.80. The molecule has 1 aromatic carbocycles. The highest BCUT2D eigenvalue weighted by atomic mass is 19.4. The predicted octanol–water partition coefficient (Wildman–Crippen LogP) is 4.12. The number of halogens is 3. The molecule has 0 atom stereocenters. The molecule has 1 aliphatic carbocycles. The molecule has 1 aliphatic rings. The van der Waals surface area contributed by atoms with Crippen molar-refractivity contribution in [3.05, 3.63) is 41.5 Å². The van der Waals surface area contributed by atoms with E-state index >= 15 is 0 Å². The lowest BCUT2D eigenvalue weighted by Gasteiger charge is -2.13. The highest BCUT2D eigenvalue weighted by Crippen LogP contribution is 2.30. The molecule has 126 valence electrons. The topological polar surface area (TPSA) is 41.1 Å². The molecule has 2 N–H and O–H groups in total. The SMILES string of the molecule is O=C(CNc1cccc(C(F)(F)F)c1)NCCC1=CCCCC1. The third kappa shape index (κ3) is 5.96. The van der Waals surface area contributed by atoms with Gasteiger partial charge in [0.25, 0.3) is 0 Å². The molecule has 0 fully saturated rings. The van der Waals surface area contributed by atoms with Crippen molar-refractivity contribution in [3.63, 3.8) is 0 Å². The lowest BCUT2D eigenvalue weighted by atomic mass is 9.97. The smallest absolute Gasteiger partial charge is 0.376 e. The first-order valence-corrected chi connectivity index (χ1v) is 7.81. The normalized spacial score (nSPS) is 15.0. The van der Waals surface area contributed by atoms with Crippen LogP contribution in [0.2, 0.25) is 0 Å². The average molecular weight is 326 g/mol. The number of benzene rings is 1. The number of rotatable bonds is 6. The summed E-state index contributed by atoms with van der Waals surface area (Å²) in [4.78, 5) is 11.7. The zero-order valence-corrected chi connectivity index (χ0v) is 12.9. The highest BCUT2D eigenvalue weighted by Gasteiger charge is 2.30. The second-order valence-electron chi connectivity index (χ2n) is 5.64. The predicted molar refractivity (Wildman–Crippen MR) is 84.1 cm³/mol. The number of hydrogen-bond donors (Lipinski definition) is 2. The molecule has 0 saturated heterocycles. The Hall–Kier alpha value is -1.98. The standard InChI is InChI=1S/C17H21F3N2O/c18-17(19,20)14-7-4-8-15(11-14)22-12-16(23)21-10-9-13-5-2-1-3-6-13/h4-5,7-8,11,22H,1-3,6,9-10,12H2,(H,21,23). The fourth-order valence-corrected chi connectivity index (χ4v) is 2.54. The minimum atomic E-state index is -4.38. The zero-order chi connectivity index (χ0) is 16.7. The largest absolute Gasteiger partial charge is 0.416 e. The Labute approximate surface area is 134 Å². The van der Waals surface area contributed by atoms with E-state index in [0.29, 0.717) is 6.54 Å². The molecule has 2 rings (SSSR count). The quantitative estimate of drug-likeness (QED) is 0.772. The van der Waals surface area contributed by atoms with Gasteiger partial charge in [-0.05, 0) is 50.3 Å². The van der Waals surface area contributed by atoms with Crippen LogP contribution in [0.25, 0.3) is 0 Å². The van der Waals surface area contributed by atoms with Gasteiger partial charge in [0.05, 0.1) is 12.1 Å². The molecule has 1 amide bonds. The summed E-state index contributed by atoms with van der Waals surface area (Å²) in [5, 5.41) is 5.50. The lowest BCUT2D eigenvalue weighted by molar-refractivity contribution is -0.137. The molecule has 6 heteroatoms. The summed E-state index contributed by atoms with van der Waals surface area (Å²) in [6.07, 6.45) is 3.34. The number of anilines is 1. The second kappa shape index (κ2) is 8.04. The molecule has 0 unspecified atom stereocenters. The summed E-state index contributed by atoms with van der Waals surface area (Å²) in [6, 6.07) is 4.83. The molecule has 23 heavy (non-hydrogen) atoms. The molecule has 0 saturated carbocycles. The number of hydrogen-bond acceptors (Lipinski definition) is 2. The average Bonchev–Trinajstić information content (AvgIpc) is 2.53. The van der Waals surface area contributed by atoms with Crippen LogP contribution in [0.5, 0.6) is 0 Å². The number of carbonyl (C=O) groups excluding carboxylic acids is 1. The van der Waals surface area contributed by atoms with Gasteiger partial charge in [-0.1, -0.05) is 17.7 Å². The summed E-state index contributed by atoms with van der Waals surface area (Å²) in [6.45, 7) is 0.523. The second-order valence-corrected chi connectivity index (χ2v) is 5.64. The van der Waals surface area contributed by atoms with Crippen LogP contribution in [0.3, 0.4) is 0 Å². The fourth-order valence-electron chi connectivity index (χ4n) is 2.54. The van der Waals surface area contributed by atoms with Crippen molar-refractivity contribution in [1.82, 2.24) is 5.32 Å². The van der Waals surface area contributed by atoms with Crippen LogP contribution in [0, 0.1) is 0 Å². The maximum atomic E-state index is 12.6. The van der Waals surface area contributed by atoms with Gasteiger partial charge >= 0.3 is 6.18 Å². The first-order chi connectivity index (χ1) is 10.9. The minimum absolute atomic E-state index is 0.0413. The zero-order valence-electron chi connectivity index (χ0n) is 12.9. The lowest BCUT2D eigenvalue weighted by Crippen LogP contribution is -2.30. The van der Waals surface area contributed by atoms with Gasteiger partial charge in [0.15, 0.2) is 0 Å². The van der Waals surface area contributed by atoms with E-state index in [1.165, 1.54) is 30.5 Å². The molecular weight excluding hydrogens is 305 g/mol. The maximum Gasteiger partial charge on any atom is 0.416 e. The number of amides is 1. The van der Waals surface area contributed by atoms with E-state index < -0.39 is 11.7 Å². The van der Waals surface area contributed by atoms with Gasteiger partial charge in [0.1, 0.15) is 0 Å². The van der Waals surface area contributed by atoms with Crippen molar-refractivity contribution >= 4 is 11.6 Å². The van der Waals surface area contributed by atoms with E-state index in [9.17, 15) is 18.0 Å². The maximum absolute atomic E-state index is 12.6. The van der Waals surface area contributed by atoms with Crippen LogP contribution in [-0.4, -0.2) is 19.0 Å². The van der Waals surface area contributed by atoms with Crippen LogP contribution in [0.4, 0.5) is 18.9 Å². The summed E-state index contributed by atoms with van der Waals surface area (Å²) < 4.78 is 37.8. The van der Waals surface area contributed by atoms with Crippen LogP contribution in [0.15, 0.2) is 35.9 Å². The Morgan fingerprint density at radius 2 is 2.04 bits per heavy atom. The summed E-state index contributed by atoms with van der Waals surface area (Å²) in [5.41, 5.74) is 0.930. The van der Waals surface area contributed by atoms with Gasteiger partial charge in [-0.25, -0.2) is 0 Å². The summed E-state index contributed by atoms with van der Waals surface area (Å²) in [5.74, 6) is -0.223. The summed E-state index contributed by atoms with van der Waals surface area (Å²) in [7, 11) is 0. The van der Waals surface area contributed by atoms with E-state index in [2.05, 4.69) is 16.7 Å². The van der Waals surface area contributed by atoms with E-state index in [-0.39, 0.29) is 18.1 Å². The first-order valence-electron chi connectivity index (χ1n) is 7.81. The molecule has 1 aromatic rings. The van der Waals surface area contributed by atoms with Crippen LogP contribution >= 0.6 is 0 Å². The van der Waals surface area contributed by atoms with Gasteiger partial charge in [-0.3, -0.25) is 4.79 Å². The molecular formula is C17H21F3N2O. The fraction of sp³-hybridized carbons (Fsp3) is 0.471. The van der Waals surface area contributed by atoms with Crippen molar-refractivity contribution in [3.8, 4) is 0 Å². The van der Waals surface area contributed by atoms with E-state index in [1.54, 1.807) is 0 Å². The van der Waals surface area contributed by atoms with E-state index in [1.807, 2.05) is 0 Å². The number of nitrogens with one attached hydrogen (secondary N) is 2. The molecule has 0 aliphatic heterocycles. The monoisotopic (exact) mass is 326 g/mol. The Morgan fingerprint density at radius 3 is 2.74 bits per heavy atom. The van der Waals surface area contributed by atoms with Gasteiger partial charge in [-0.15, -0.1) is 0 Å². The van der Waals surface area contributed by atoms with Gasteiger partial charge in [0.2, 0.25) is 5.91 Å². The van der Waals surface area contributed by atoms with Crippen molar-refractivity contribution < 1.29 is 18.0 Å². The van der Waals surface area contributed by atoms with Gasteiger partial charge < -0.3 is 10.6 Å². The minimum Gasteiger partial charge on any atom is -0.376 e. The van der Waals surface area contributed by atoms with Crippen molar-refractivity contribution in [2.75, 3.05) is 18.4 Å². The van der Waals surface area contributed by atoms with Crippen molar-refractivity contribution in [1.29, 1.82) is 0 Å². The van der Waals surface area contributed by atoms with Crippen molar-refractivity contribution in [2.45, 2.75) is 38.3 Å². The van der Waals surface area contributed by atoms with Crippen molar-refractivity contribution in [2.24, 2.45) is 0 Å². The highest BCUT2D eigenvalue weighted by molar-refractivity contribution is 5.80. The van der Waals surface area contributed by atoms with Crippen LogP contribution in [0.1, 0.15) is 37.7 Å². The number of allylic oxidation sites excluding steroid dienone is 1. The Balaban J connectivity index is 1.73. The Morgan fingerprint density at radius 1 is 1.22 bits per heavy atom. The van der Waals surface area contributed by atoms with E-state index in [0.717, 1.165) is 31.4 Å². The van der Waals surface area contributed by atoms with Crippen LogP contribution < -0.4 is 10.6 Å². The van der Waals surface area contributed by atoms with Gasteiger partial charge in [-0.2, -0.15) is 13.2 Å². The molecule has 0 spiro atoms. The van der Waals surface area contributed by atoms with E-state index in [4.69, 9.17) is 0 Å². The van der Waals surface area contributed by atoms with Gasteiger partial charge in [0, 0.05) is 12.2 Å². The third-order valence-electron chi connectivity index (χ3n) is 3.80. The number of carbonyl (C=O) groups is 1. The summed E-state index contributed by atoms with van der Waals surface area (Å²) >= 11 is 0.